The SMILES string of the molecule is Cc1c(CCC(=O)N2CC[C@]3(O)CCCC[C@H]3C2)c(=O)oc2c(C)c(OCc3ccc(C(C)(C)C)cc3)ccc12. The smallest absolute Gasteiger partial charge is 0.339 e. The number of nitrogens with zero attached hydrogens (tertiary/aromatic N) is 1. The summed E-state index contributed by atoms with van der Waals surface area (Å²) in [4.78, 5) is 28.0. The maximum atomic E-state index is 13.1. The van der Waals surface area contributed by atoms with Gasteiger partial charge in [0.2, 0.25) is 5.91 Å². The summed E-state index contributed by atoms with van der Waals surface area (Å²) in [7, 11) is 0. The van der Waals surface area contributed by atoms with Gasteiger partial charge in [-0.05, 0) is 73.8 Å². The second-order valence-corrected chi connectivity index (χ2v) is 12.9. The van der Waals surface area contributed by atoms with Gasteiger partial charge in [-0.1, -0.05) is 57.9 Å². The Morgan fingerprint density at radius 3 is 2.55 bits per heavy atom. The van der Waals surface area contributed by atoms with E-state index < -0.39 is 11.2 Å². The summed E-state index contributed by atoms with van der Waals surface area (Å²) in [5, 5.41) is 11.8. The van der Waals surface area contributed by atoms with Crippen LogP contribution in [0.2, 0.25) is 0 Å². The molecular formula is C34H43NO5. The number of carbonyl (C=O) groups is 1. The van der Waals surface area contributed by atoms with E-state index in [0.717, 1.165) is 47.8 Å². The van der Waals surface area contributed by atoms with Crippen LogP contribution < -0.4 is 10.4 Å². The lowest BCUT2D eigenvalue weighted by molar-refractivity contribution is -0.143. The lowest BCUT2D eigenvalue weighted by Gasteiger charge is -2.47. The number of hydrogen-bond acceptors (Lipinski definition) is 5. The van der Waals surface area contributed by atoms with Gasteiger partial charge in [0.25, 0.3) is 0 Å². The molecule has 2 aliphatic rings. The first-order chi connectivity index (χ1) is 19.0. The average Bonchev–Trinajstić information content (AvgIpc) is 2.92. The molecule has 0 spiro atoms. The van der Waals surface area contributed by atoms with Crippen LogP contribution >= 0.6 is 0 Å². The lowest BCUT2D eigenvalue weighted by Crippen LogP contribution is -2.54. The van der Waals surface area contributed by atoms with Gasteiger partial charge in [0, 0.05) is 41.9 Å². The van der Waals surface area contributed by atoms with Gasteiger partial charge in [-0.2, -0.15) is 0 Å². The Hall–Kier alpha value is -3.12. The van der Waals surface area contributed by atoms with Crippen molar-refractivity contribution in [2.75, 3.05) is 13.1 Å². The minimum Gasteiger partial charge on any atom is -0.488 e. The second kappa shape index (κ2) is 11.0. The molecule has 0 unspecified atom stereocenters. The number of likely N-dealkylation sites (tertiary alicyclic amines) is 1. The van der Waals surface area contributed by atoms with Crippen LogP contribution in [0.15, 0.2) is 45.6 Å². The highest BCUT2D eigenvalue weighted by Crippen LogP contribution is 2.40. The zero-order valence-corrected chi connectivity index (χ0v) is 24.6. The molecule has 1 aliphatic heterocycles. The highest BCUT2D eigenvalue weighted by atomic mass is 16.5. The fourth-order valence-electron chi connectivity index (χ4n) is 6.47. The van der Waals surface area contributed by atoms with E-state index in [4.69, 9.17) is 9.15 Å². The van der Waals surface area contributed by atoms with E-state index in [1.807, 2.05) is 30.9 Å². The lowest BCUT2D eigenvalue weighted by atomic mass is 9.71. The van der Waals surface area contributed by atoms with Crippen LogP contribution in [-0.2, 0) is 23.2 Å². The van der Waals surface area contributed by atoms with Crippen molar-refractivity contribution in [1.29, 1.82) is 0 Å². The van der Waals surface area contributed by atoms with Crippen LogP contribution in [0.4, 0.5) is 0 Å². The summed E-state index contributed by atoms with van der Waals surface area (Å²) < 4.78 is 11.9. The van der Waals surface area contributed by atoms with Crippen LogP contribution in [0, 0.1) is 19.8 Å². The summed E-state index contributed by atoms with van der Waals surface area (Å²) in [6.07, 6.45) is 5.24. The van der Waals surface area contributed by atoms with Gasteiger partial charge >= 0.3 is 5.63 Å². The largest absolute Gasteiger partial charge is 0.488 e. The molecule has 0 bridgehead atoms. The molecule has 1 saturated heterocycles. The Labute approximate surface area is 237 Å². The van der Waals surface area contributed by atoms with Crippen LogP contribution in [0.25, 0.3) is 11.0 Å². The third-order valence-electron chi connectivity index (χ3n) is 9.24. The molecule has 214 valence electrons. The zero-order valence-electron chi connectivity index (χ0n) is 24.6. The van der Waals surface area contributed by atoms with Crippen molar-refractivity contribution in [1.82, 2.24) is 4.90 Å². The van der Waals surface area contributed by atoms with Crippen molar-refractivity contribution in [2.24, 2.45) is 5.92 Å². The molecular weight excluding hydrogens is 502 g/mol. The molecule has 6 nitrogen and oxygen atoms in total. The van der Waals surface area contributed by atoms with Gasteiger partial charge in [-0.25, -0.2) is 4.79 Å². The monoisotopic (exact) mass is 545 g/mol. The highest BCUT2D eigenvalue weighted by molar-refractivity contribution is 5.86. The fraction of sp³-hybridized carbons (Fsp3) is 0.529. The van der Waals surface area contributed by atoms with Crippen LogP contribution in [-0.4, -0.2) is 34.6 Å². The van der Waals surface area contributed by atoms with Crippen molar-refractivity contribution in [2.45, 2.75) is 97.2 Å². The Balaban J connectivity index is 1.26. The number of ether oxygens (including phenoxy) is 1. The molecule has 2 atom stereocenters. The molecule has 40 heavy (non-hydrogen) atoms. The predicted molar refractivity (Wildman–Crippen MR) is 158 cm³/mol. The Kier molecular flexibility index (Phi) is 7.84. The molecule has 6 heteroatoms. The number of benzene rings is 2. The van der Waals surface area contributed by atoms with Crippen LogP contribution in [0.3, 0.4) is 0 Å². The standard InChI is InChI=1S/C34H43NO5/c1-22-27-13-15-29(39-21-24-9-11-25(12-10-24)33(3,4)5)23(2)31(27)40-32(37)28(22)14-16-30(36)35-19-18-34(38)17-7-6-8-26(34)20-35/h9-13,15,26,38H,6-8,14,16-21H2,1-5H3/t26-,34+/m0/s1. The van der Waals surface area contributed by atoms with Crippen molar-refractivity contribution >= 4 is 16.9 Å². The maximum Gasteiger partial charge on any atom is 0.339 e. The number of hydrogen-bond donors (Lipinski definition) is 1. The van der Waals surface area contributed by atoms with E-state index >= 15 is 0 Å². The van der Waals surface area contributed by atoms with Gasteiger partial charge in [-0.3, -0.25) is 4.79 Å². The zero-order chi connectivity index (χ0) is 28.7. The van der Waals surface area contributed by atoms with E-state index in [9.17, 15) is 14.7 Å². The quantitative estimate of drug-likeness (QED) is 0.364. The summed E-state index contributed by atoms with van der Waals surface area (Å²) >= 11 is 0. The minimum atomic E-state index is -0.609. The van der Waals surface area contributed by atoms with E-state index in [1.54, 1.807) is 0 Å². The summed E-state index contributed by atoms with van der Waals surface area (Å²) in [6, 6.07) is 12.3. The van der Waals surface area contributed by atoms with E-state index in [0.29, 0.717) is 49.4 Å². The molecule has 2 heterocycles. The van der Waals surface area contributed by atoms with Gasteiger partial charge in [0.1, 0.15) is 17.9 Å². The number of carbonyl (C=O) groups excluding carboxylic acids is 1. The number of fused-ring (bicyclic) bond motifs is 2. The first-order valence-corrected chi connectivity index (χ1v) is 14.7. The molecule has 1 aromatic heterocycles. The Morgan fingerprint density at radius 1 is 1.07 bits per heavy atom. The molecule has 1 aliphatic carbocycles. The van der Waals surface area contributed by atoms with Crippen LogP contribution in [0.1, 0.15) is 87.1 Å². The first kappa shape index (κ1) is 28.4. The first-order valence-electron chi connectivity index (χ1n) is 14.7. The Bertz CT molecular complexity index is 1450. The molecule has 3 aromatic rings. The fourth-order valence-corrected chi connectivity index (χ4v) is 6.47. The number of piperidine rings is 1. The van der Waals surface area contributed by atoms with Crippen molar-refractivity contribution in [3.63, 3.8) is 0 Å². The van der Waals surface area contributed by atoms with E-state index in [-0.39, 0.29) is 23.7 Å². The third-order valence-corrected chi connectivity index (χ3v) is 9.24. The van der Waals surface area contributed by atoms with Crippen molar-refractivity contribution < 1.29 is 19.1 Å². The van der Waals surface area contributed by atoms with Crippen molar-refractivity contribution in [3.8, 4) is 5.75 Å². The van der Waals surface area contributed by atoms with Gasteiger partial charge < -0.3 is 19.2 Å². The molecule has 2 aromatic carbocycles. The summed E-state index contributed by atoms with van der Waals surface area (Å²) in [6.45, 7) is 12.1. The highest BCUT2D eigenvalue weighted by Gasteiger charge is 2.43. The van der Waals surface area contributed by atoms with Gasteiger partial charge in [0.05, 0.1) is 5.60 Å². The molecule has 1 N–H and O–H groups in total. The summed E-state index contributed by atoms with van der Waals surface area (Å²) in [5.74, 6) is 0.890. The number of amides is 1. The molecule has 5 rings (SSSR count). The molecule has 0 radical (unpaired) electrons. The van der Waals surface area contributed by atoms with Crippen LogP contribution in [0.5, 0.6) is 5.75 Å². The predicted octanol–water partition coefficient (Wildman–Crippen LogP) is 6.37. The van der Waals surface area contributed by atoms with Gasteiger partial charge in [0.15, 0.2) is 0 Å². The molecule has 1 saturated carbocycles. The molecule has 1 amide bonds. The van der Waals surface area contributed by atoms with E-state index in [1.165, 1.54) is 5.56 Å². The topological polar surface area (TPSA) is 80.0 Å². The second-order valence-electron chi connectivity index (χ2n) is 12.9. The average molecular weight is 546 g/mol. The van der Waals surface area contributed by atoms with Crippen molar-refractivity contribution in [3.05, 3.63) is 74.6 Å². The summed E-state index contributed by atoms with van der Waals surface area (Å²) in [5.41, 5.74) is 4.19. The van der Waals surface area contributed by atoms with Gasteiger partial charge in [-0.15, -0.1) is 0 Å². The normalized spacial score (nSPS) is 21.4. The number of rotatable bonds is 6. The third kappa shape index (κ3) is 5.69. The number of aliphatic hydroxyl groups is 1. The maximum absolute atomic E-state index is 13.1. The Morgan fingerprint density at radius 2 is 1.82 bits per heavy atom. The molecule has 2 fully saturated rings. The minimum absolute atomic E-state index is 0.0435. The van der Waals surface area contributed by atoms with E-state index in [2.05, 4.69) is 45.0 Å². The number of aryl methyl sites for hydroxylation is 2.